The maximum absolute atomic E-state index is 13.2. The molecule has 1 atom stereocenters. The van der Waals surface area contributed by atoms with E-state index in [4.69, 9.17) is 18.9 Å². The predicted octanol–water partition coefficient (Wildman–Crippen LogP) is 4.16. The van der Waals surface area contributed by atoms with Crippen molar-refractivity contribution < 1.29 is 28.5 Å². The molecular weight excluding hydrogens is 410 g/mol. The molecule has 0 spiro atoms. The minimum Gasteiger partial charge on any atom is -0.493 e. The highest BCUT2D eigenvalue weighted by Gasteiger charge is 2.38. The van der Waals surface area contributed by atoms with Crippen LogP contribution in [-0.4, -0.2) is 31.0 Å². The normalized spacial score (nSPS) is 17.9. The van der Waals surface area contributed by atoms with Gasteiger partial charge in [0.25, 0.3) is 0 Å². The van der Waals surface area contributed by atoms with E-state index in [1.807, 2.05) is 18.2 Å². The van der Waals surface area contributed by atoms with Crippen molar-refractivity contribution in [1.29, 1.82) is 0 Å². The highest BCUT2D eigenvalue weighted by Crippen LogP contribution is 2.49. The summed E-state index contributed by atoms with van der Waals surface area (Å²) in [6.45, 7) is 0. The number of allylic oxidation sites excluding steroid dienone is 1. The van der Waals surface area contributed by atoms with E-state index in [1.54, 1.807) is 49.8 Å². The summed E-state index contributed by atoms with van der Waals surface area (Å²) in [7, 11) is 3.09. The number of esters is 1. The summed E-state index contributed by atoms with van der Waals surface area (Å²) >= 11 is 0. The van der Waals surface area contributed by atoms with Crippen LogP contribution >= 0.6 is 0 Å². The minimum atomic E-state index is -0.340. The first kappa shape index (κ1) is 19.8. The molecule has 2 aliphatic heterocycles. The van der Waals surface area contributed by atoms with Gasteiger partial charge in [-0.05, 0) is 35.9 Å². The number of fused-ring (bicyclic) bond motifs is 3. The van der Waals surface area contributed by atoms with Gasteiger partial charge in [0.05, 0.1) is 26.2 Å². The third-order valence-corrected chi connectivity index (χ3v) is 5.59. The second-order valence-corrected chi connectivity index (χ2v) is 7.39. The van der Waals surface area contributed by atoms with Gasteiger partial charge in [0.1, 0.15) is 11.5 Å². The molecule has 0 amide bonds. The number of pyridine rings is 1. The monoisotopic (exact) mass is 429 g/mol. The molecule has 0 fully saturated rings. The summed E-state index contributed by atoms with van der Waals surface area (Å²) in [4.78, 5) is 29.6. The molecule has 0 radical (unpaired) electrons. The van der Waals surface area contributed by atoms with Crippen molar-refractivity contribution >= 4 is 17.8 Å². The molecule has 1 aromatic heterocycles. The summed E-state index contributed by atoms with van der Waals surface area (Å²) in [6.07, 6.45) is 5.14. The van der Waals surface area contributed by atoms with Gasteiger partial charge in [-0.25, -0.2) is 0 Å². The number of hydrogen-bond donors (Lipinski definition) is 0. The summed E-state index contributed by atoms with van der Waals surface area (Å²) in [5.41, 5.74) is 2.59. The molecule has 0 N–H and O–H groups in total. The van der Waals surface area contributed by atoms with E-state index in [2.05, 4.69) is 4.98 Å². The fraction of sp³-hybridized carbons (Fsp3) is 0.160. The molecule has 0 bridgehead atoms. The van der Waals surface area contributed by atoms with Crippen molar-refractivity contribution in [2.45, 2.75) is 12.3 Å². The Balaban J connectivity index is 1.61. The first-order chi connectivity index (χ1) is 15.6. The highest BCUT2D eigenvalue weighted by atomic mass is 16.5. The van der Waals surface area contributed by atoms with Crippen molar-refractivity contribution in [2.24, 2.45) is 0 Å². The first-order valence-corrected chi connectivity index (χ1v) is 10.0. The largest absolute Gasteiger partial charge is 0.493 e. The maximum Gasteiger partial charge on any atom is 0.312 e. The van der Waals surface area contributed by atoms with E-state index in [-0.39, 0.29) is 29.9 Å². The third-order valence-electron chi connectivity index (χ3n) is 5.59. The van der Waals surface area contributed by atoms with Gasteiger partial charge in [-0.1, -0.05) is 18.2 Å². The quantitative estimate of drug-likeness (QED) is 0.350. The van der Waals surface area contributed by atoms with Gasteiger partial charge in [-0.2, -0.15) is 0 Å². The van der Waals surface area contributed by atoms with Gasteiger partial charge in [-0.15, -0.1) is 0 Å². The molecule has 2 aliphatic rings. The molecule has 32 heavy (non-hydrogen) atoms. The number of ether oxygens (including phenoxy) is 4. The van der Waals surface area contributed by atoms with Crippen LogP contribution in [0.25, 0.3) is 6.08 Å². The molecular formula is C25H19NO6. The van der Waals surface area contributed by atoms with Crippen LogP contribution in [0.5, 0.6) is 23.0 Å². The lowest BCUT2D eigenvalue weighted by molar-refractivity contribution is -0.135. The van der Waals surface area contributed by atoms with Crippen molar-refractivity contribution in [2.75, 3.05) is 14.2 Å². The molecule has 7 nitrogen and oxygen atoms in total. The van der Waals surface area contributed by atoms with E-state index in [0.29, 0.717) is 39.7 Å². The maximum atomic E-state index is 13.2. The Kier molecular flexibility index (Phi) is 4.86. The van der Waals surface area contributed by atoms with Gasteiger partial charge < -0.3 is 18.9 Å². The summed E-state index contributed by atoms with van der Waals surface area (Å²) in [6, 6.07) is 12.4. The summed E-state index contributed by atoms with van der Waals surface area (Å²) in [5, 5.41) is 0. The van der Waals surface area contributed by atoms with Crippen LogP contribution in [0.15, 0.2) is 60.6 Å². The van der Waals surface area contributed by atoms with Gasteiger partial charge in [0, 0.05) is 29.4 Å². The number of ketones is 1. The van der Waals surface area contributed by atoms with Crippen molar-refractivity contribution in [1.82, 2.24) is 4.98 Å². The van der Waals surface area contributed by atoms with E-state index < -0.39 is 0 Å². The minimum absolute atomic E-state index is 0.134. The van der Waals surface area contributed by atoms with Crippen LogP contribution in [0.1, 0.15) is 39.4 Å². The molecule has 0 saturated heterocycles. The molecule has 5 rings (SSSR count). The molecule has 3 heterocycles. The Hall–Kier alpha value is -4.13. The number of para-hydroxylation sites is 1. The zero-order valence-electron chi connectivity index (χ0n) is 17.5. The molecule has 1 unspecified atom stereocenters. The van der Waals surface area contributed by atoms with Crippen molar-refractivity contribution in [3.8, 4) is 23.0 Å². The van der Waals surface area contributed by atoms with E-state index in [1.165, 1.54) is 7.11 Å². The predicted molar refractivity (Wildman–Crippen MR) is 115 cm³/mol. The Morgan fingerprint density at radius 2 is 1.91 bits per heavy atom. The molecule has 160 valence electrons. The van der Waals surface area contributed by atoms with Gasteiger partial charge in [-0.3, -0.25) is 14.6 Å². The van der Waals surface area contributed by atoms with Gasteiger partial charge in [0.2, 0.25) is 5.78 Å². The Bertz CT molecular complexity index is 1260. The van der Waals surface area contributed by atoms with Crippen molar-refractivity contribution in [3.05, 3.63) is 82.9 Å². The van der Waals surface area contributed by atoms with E-state index >= 15 is 0 Å². The van der Waals surface area contributed by atoms with Crippen LogP contribution in [0.2, 0.25) is 0 Å². The molecule has 0 saturated carbocycles. The summed E-state index contributed by atoms with van der Waals surface area (Å²) in [5.74, 6) is 1.07. The number of methoxy groups -OCH3 is 2. The lowest BCUT2D eigenvalue weighted by Crippen LogP contribution is -2.21. The number of rotatable bonds is 4. The standard InChI is InChI=1S/C25H19NO6/c1-29-19-7-3-5-14(24(19)30-2)11-20-23(28)16-8-9-18-22(25(16)32-20)17(12-21(27)31-18)15-6-4-10-26-13-15/h3-11,13,17H,12H2,1-2H3/b20-11-. The number of carbonyl (C=O) groups is 2. The smallest absolute Gasteiger partial charge is 0.312 e. The number of nitrogens with zero attached hydrogens (tertiary/aromatic N) is 1. The molecule has 2 aromatic carbocycles. The number of Topliss-reactive ketones (excluding diaryl/α,β-unsaturated/α-hetero) is 1. The van der Waals surface area contributed by atoms with Gasteiger partial charge >= 0.3 is 5.97 Å². The zero-order valence-corrected chi connectivity index (χ0v) is 17.5. The van der Waals surface area contributed by atoms with Crippen LogP contribution in [0.3, 0.4) is 0 Å². The SMILES string of the molecule is COc1cccc(/C=C2\Oc3c(ccc4c3C(c3cccnc3)CC(=O)O4)C2=O)c1OC. The average molecular weight is 429 g/mol. The summed E-state index contributed by atoms with van der Waals surface area (Å²) < 4.78 is 22.4. The zero-order chi connectivity index (χ0) is 22.2. The third kappa shape index (κ3) is 3.19. The fourth-order valence-electron chi connectivity index (χ4n) is 4.14. The molecule has 3 aromatic rings. The Morgan fingerprint density at radius 3 is 2.66 bits per heavy atom. The van der Waals surface area contributed by atoms with Crippen LogP contribution in [0, 0.1) is 0 Å². The van der Waals surface area contributed by atoms with Gasteiger partial charge in [0.15, 0.2) is 17.3 Å². The topological polar surface area (TPSA) is 84.0 Å². The first-order valence-electron chi connectivity index (χ1n) is 10.0. The van der Waals surface area contributed by atoms with E-state index in [9.17, 15) is 9.59 Å². The molecule has 0 aliphatic carbocycles. The van der Waals surface area contributed by atoms with Crippen molar-refractivity contribution in [3.63, 3.8) is 0 Å². The average Bonchev–Trinajstić information content (AvgIpc) is 3.14. The van der Waals surface area contributed by atoms with Crippen LogP contribution in [-0.2, 0) is 4.79 Å². The number of hydrogen-bond acceptors (Lipinski definition) is 7. The second-order valence-electron chi connectivity index (χ2n) is 7.39. The fourth-order valence-corrected chi connectivity index (χ4v) is 4.14. The molecule has 7 heteroatoms. The highest BCUT2D eigenvalue weighted by molar-refractivity contribution is 6.15. The number of benzene rings is 2. The second kappa shape index (κ2) is 7.85. The Labute approximate surface area is 184 Å². The lowest BCUT2D eigenvalue weighted by atomic mass is 9.85. The number of aromatic nitrogens is 1. The van der Waals surface area contributed by atoms with Crippen LogP contribution < -0.4 is 18.9 Å². The Morgan fingerprint density at radius 1 is 1.03 bits per heavy atom. The number of carbonyl (C=O) groups excluding carboxylic acids is 2. The van der Waals surface area contributed by atoms with Crippen LogP contribution in [0.4, 0.5) is 0 Å². The van der Waals surface area contributed by atoms with E-state index in [0.717, 1.165) is 5.56 Å². The lowest BCUT2D eigenvalue weighted by Gasteiger charge is -2.26.